The van der Waals surface area contributed by atoms with Gasteiger partial charge in [0, 0.05) is 12.8 Å². The van der Waals surface area contributed by atoms with Gasteiger partial charge < -0.3 is 34.3 Å². The number of hydrogen-bond donors (Lipinski definition) is 4. The molecule has 54 heavy (non-hydrogen) atoms. The molecule has 320 valence electrons. The molecule has 0 bridgehead atoms. The Kier molecular flexibility index (Phi) is 30.7. The Bertz CT molecular complexity index is 1030. The fraction of sp³-hybridized carbons (Fsp3) is 0.951. The van der Waals surface area contributed by atoms with Gasteiger partial charge in [-0.25, -0.2) is 0 Å². The molecule has 0 radical (unpaired) electrons. The monoisotopic (exact) mass is 795 g/mol. The average Bonchev–Trinajstić information content (AvgIpc) is 3.13. The summed E-state index contributed by atoms with van der Waals surface area (Å²) in [6.07, 6.45) is 21.5. The highest BCUT2D eigenvalue weighted by atomic mass is 32.2. The number of aliphatic hydroxyl groups excluding tert-OH is 3. The van der Waals surface area contributed by atoms with E-state index in [0.717, 1.165) is 38.5 Å². The van der Waals surface area contributed by atoms with Gasteiger partial charge >= 0.3 is 11.9 Å². The largest absolute Gasteiger partial charge is 0.462 e. The van der Waals surface area contributed by atoms with Crippen molar-refractivity contribution < 1.29 is 56.8 Å². The van der Waals surface area contributed by atoms with E-state index in [1.54, 1.807) is 0 Å². The van der Waals surface area contributed by atoms with Crippen molar-refractivity contribution in [2.24, 2.45) is 0 Å². The molecule has 0 saturated carbocycles. The summed E-state index contributed by atoms with van der Waals surface area (Å²) in [5, 5.41) is 30.8. The first kappa shape index (κ1) is 50.7. The summed E-state index contributed by atoms with van der Waals surface area (Å²) in [5.74, 6) is -1.97. The molecule has 1 heterocycles. The number of carbonyl (C=O) groups is 2. The highest BCUT2D eigenvalue weighted by molar-refractivity contribution is 7.85. The Labute approximate surface area is 327 Å². The summed E-state index contributed by atoms with van der Waals surface area (Å²) in [7, 11) is -4.59. The molecule has 1 fully saturated rings. The second-order valence-electron chi connectivity index (χ2n) is 15.4. The van der Waals surface area contributed by atoms with Crippen LogP contribution in [0.4, 0.5) is 0 Å². The van der Waals surface area contributed by atoms with E-state index in [1.165, 1.54) is 116 Å². The Morgan fingerprint density at radius 1 is 0.556 bits per heavy atom. The van der Waals surface area contributed by atoms with Gasteiger partial charge in [0.1, 0.15) is 36.8 Å². The third kappa shape index (κ3) is 27.3. The second-order valence-corrected chi connectivity index (χ2v) is 16.9. The third-order valence-electron chi connectivity index (χ3n) is 10.2. The molecular weight excluding hydrogens is 717 g/mol. The molecule has 1 saturated heterocycles. The van der Waals surface area contributed by atoms with Gasteiger partial charge in [0.2, 0.25) is 0 Å². The van der Waals surface area contributed by atoms with Gasteiger partial charge in [-0.15, -0.1) is 0 Å². The number of esters is 2. The van der Waals surface area contributed by atoms with Gasteiger partial charge in [0.25, 0.3) is 10.1 Å². The zero-order valence-corrected chi connectivity index (χ0v) is 34.7. The van der Waals surface area contributed by atoms with Crippen LogP contribution in [0, 0.1) is 0 Å². The van der Waals surface area contributed by atoms with Gasteiger partial charge in [-0.2, -0.15) is 8.42 Å². The highest BCUT2D eigenvalue weighted by Crippen LogP contribution is 2.24. The fourth-order valence-electron chi connectivity index (χ4n) is 6.79. The van der Waals surface area contributed by atoms with Crippen LogP contribution >= 0.6 is 0 Å². The maximum Gasteiger partial charge on any atom is 0.306 e. The van der Waals surface area contributed by atoms with E-state index in [-0.39, 0.29) is 19.4 Å². The predicted molar refractivity (Wildman–Crippen MR) is 211 cm³/mol. The van der Waals surface area contributed by atoms with Gasteiger partial charge in [0.15, 0.2) is 12.4 Å². The number of rotatable bonds is 36. The first-order valence-electron chi connectivity index (χ1n) is 21.6. The summed E-state index contributed by atoms with van der Waals surface area (Å²) >= 11 is 0. The van der Waals surface area contributed by atoms with E-state index in [0.29, 0.717) is 12.8 Å². The predicted octanol–water partition coefficient (Wildman–Crippen LogP) is 8.12. The van der Waals surface area contributed by atoms with E-state index in [4.69, 9.17) is 18.9 Å². The number of unbranched alkanes of at least 4 members (excludes halogenated alkanes) is 24. The van der Waals surface area contributed by atoms with Crippen molar-refractivity contribution in [2.45, 2.75) is 230 Å². The highest BCUT2D eigenvalue weighted by Gasteiger charge is 2.46. The van der Waals surface area contributed by atoms with Crippen LogP contribution in [0.5, 0.6) is 0 Å². The Morgan fingerprint density at radius 2 is 0.944 bits per heavy atom. The second kappa shape index (κ2) is 32.7. The number of hydrogen-bond acceptors (Lipinski definition) is 11. The van der Waals surface area contributed by atoms with E-state index in [1.807, 2.05) is 0 Å². The van der Waals surface area contributed by atoms with E-state index in [2.05, 4.69) is 13.8 Å². The van der Waals surface area contributed by atoms with Crippen molar-refractivity contribution in [1.29, 1.82) is 0 Å². The summed E-state index contributed by atoms with van der Waals surface area (Å²) in [4.78, 5) is 25.3. The maximum absolute atomic E-state index is 12.8. The Balaban J connectivity index is 2.46. The van der Waals surface area contributed by atoms with Gasteiger partial charge in [-0.1, -0.05) is 168 Å². The topological polar surface area (TPSA) is 186 Å². The molecule has 0 amide bonds. The van der Waals surface area contributed by atoms with Crippen molar-refractivity contribution >= 4 is 22.1 Å². The van der Waals surface area contributed by atoms with Crippen LogP contribution in [0.25, 0.3) is 0 Å². The minimum atomic E-state index is -4.59. The first-order valence-corrected chi connectivity index (χ1v) is 23.2. The number of aliphatic hydroxyl groups is 3. The fourth-order valence-corrected chi connectivity index (χ4v) is 7.49. The van der Waals surface area contributed by atoms with E-state index in [9.17, 15) is 37.9 Å². The summed E-state index contributed by atoms with van der Waals surface area (Å²) in [6, 6.07) is 0. The van der Waals surface area contributed by atoms with Crippen molar-refractivity contribution in [3.05, 3.63) is 0 Å². The first-order chi connectivity index (χ1) is 26.0. The van der Waals surface area contributed by atoms with Gasteiger partial charge in [-0.3, -0.25) is 14.1 Å². The summed E-state index contributed by atoms with van der Waals surface area (Å²) in [5.41, 5.74) is 0. The lowest BCUT2D eigenvalue weighted by Gasteiger charge is -2.40. The van der Waals surface area contributed by atoms with Crippen LogP contribution in [0.15, 0.2) is 0 Å². The molecule has 12 nitrogen and oxygen atoms in total. The van der Waals surface area contributed by atoms with Gasteiger partial charge in [-0.05, 0) is 12.8 Å². The molecule has 1 aliphatic heterocycles. The lowest BCUT2D eigenvalue weighted by molar-refractivity contribution is -0.297. The number of carbonyl (C=O) groups excluding carboxylic acids is 2. The lowest BCUT2D eigenvalue weighted by atomic mass is 10.00. The molecule has 0 unspecified atom stereocenters. The maximum atomic E-state index is 12.8. The summed E-state index contributed by atoms with van der Waals surface area (Å²) in [6.45, 7) is 3.76. The molecule has 1 rings (SSSR count). The van der Waals surface area contributed by atoms with Crippen molar-refractivity contribution in [2.75, 3.05) is 19.0 Å². The lowest BCUT2D eigenvalue weighted by Crippen LogP contribution is -2.60. The standard InChI is InChI=1S/C41H78O12S/c1-3-5-7-9-11-13-15-17-19-21-23-25-27-29-36(42)50-31-34(32-51-41-40(46)39(45)38(44)35(53-41)33-54(47,48)49)52-37(43)30-28-26-24-22-20-18-16-14-12-10-8-6-4-2/h34-35,38-41,44-46H,3-33H2,1-2H3,(H,47,48,49)/t34-,35-,38-,39+,40-,41+/m1/s1. The summed E-state index contributed by atoms with van der Waals surface area (Å²) < 4.78 is 53.9. The molecule has 0 spiro atoms. The Hall–Kier alpha value is -1.35. The molecule has 6 atom stereocenters. The third-order valence-corrected chi connectivity index (χ3v) is 10.9. The van der Waals surface area contributed by atoms with Crippen molar-refractivity contribution in [1.82, 2.24) is 0 Å². The van der Waals surface area contributed by atoms with Crippen LogP contribution in [0.2, 0.25) is 0 Å². The van der Waals surface area contributed by atoms with Gasteiger partial charge in [0.05, 0.1) is 6.61 Å². The normalized spacial score (nSPS) is 20.9. The minimum Gasteiger partial charge on any atom is -0.462 e. The average molecular weight is 795 g/mol. The minimum absolute atomic E-state index is 0.172. The van der Waals surface area contributed by atoms with Crippen LogP contribution in [0.3, 0.4) is 0 Å². The molecule has 0 aromatic carbocycles. The molecule has 1 aliphatic rings. The molecular formula is C41H78O12S. The molecule has 0 aromatic heterocycles. The van der Waals surface area contributed by atoms with Crippen molar-refractivity contribution in [3.63, 3.8) is 0 Å². The van der Waals surface area contributed by atoms with Crippen LogP contribution in [0.1, 0.15) is 194 Å². The molecule has 13 heteroatoms. The van der Waals surface area contributed by atoms with Crippen LogP contribution in [-0.4, -0.2) is 96.0 Å². The molecule has 0 aliphatic carbocycles. The van der Waals surface area contributed by atoms with Crippen LogP contribution < -0.4 is 0 Å². The zero-order valence-electron chi connectivity index (χ0n) is 33.8. The van der Waals surface area contributed by atoms with Crippen molar-refractivity contribution in [3.8, 4) is 0 Å². The van der Waals surface area contributed by atoms with Crippen LogP contribution in [-0.2, 0) is 38.7 Å². The van der Waals surface area contributed by atoms with E-state index >= 15 is 0 Å². The molecule has 0 aromatic rings. The molecule has 4 N–H and O–H groups in total. The smallest absolute Gasteiger partial charge is 0.306 e. The zero-order chi connectivity index (χ0) is 39.9. The quantitative estimate of drug-likeness (QED) is 0.0272. The SMILES string of the molecule is CCCCCCCCCCCCCCCC(=O)OC[C@H](CO[C@H]1O[C@H](CS(=O)(=O)O)[C@@H](O)[C@H](O)[C@H]1O)OC(=O)CCCCCCCCCCCCCCC. The van der Waals surface area contributed by atoms with E-state index < -0.39 is 71.2 Å². The Morgan fingerprint density at radius 3 is 1.35 bits per heavy atom. The number of ether oxygens (including phenoxy) is 4.